The molecule has 0 bridgehead atoms. The number of halogens is 2. The molecule has 2 aromatic carbocycles. The van der Waals surface area contributed by atoms with Gasteiger partial charge in [0.2, 0.25) is 5.91 Å². The second-order valence-electron chi connectivity index (χ2n) is 7.92. The number of fused-ring (bicyclic) bond motifs is 1. The summed E-state index contributed by atoms with van der Waals surface area (Å²) in [6.07, 6.45) is 4.37. The molecule has 1 aliphatic heterocycles. The molecular weight excluding hydrogens is 465 g/mol. The number of likely N-dealkylation sites (tertiary alicyclic amines) is 1. The van der Waals surface area contributed by atoms with Crippen molar-refractivity contribution in [1.82, 2.24) is 14.9 Å². The van der Waals surface area contributed by atoms with Crippen LogP contribution in [0.25, 0.3) is 21.5 Å². The Morgan fingerprint density at radius 1 is 1.16 bits per heavy atom. The smallest absolute Gasteiger partial charge is 0.223 e. The van der Waals surface area contributed by atoms with Crippen molar-refractivity contribution in [3.05, 3.63) is 69.6 Å². The molecule has 1 saturated heterocycles. The minimum Gasteiger partial charge on any atom is -0.441 e. The molecule has 1 amide bonds. The zero-order chi connectivity index (χ0) is 22.1. The monoisotopic (exact) mass is 485 g/mol. The first kappa shape index (κ1) is 21.4. The van der Waals surface area contributed by atoms with Crippen molar-refractivity contribution >= 4 is 50.7 Å². The molecule has 1 aliphatic rings. The topological polar surface area (TPSA) is 59.2 Å². The van der Waals surface area contributed by atoms with E-state index >= 15 is 0 Å². The van der Waals surface area contributed by atoms with E-state index in [0.29, 0.717) is 40.5 Å². The lowest BCUT2D eigenvalue weighted by Crippen LogP contribution is -2.38. The van der Waals surface area contributed by atoms with Crippen LogP contribution in [0.4, 0.5) is 0 Å². The van der Waals surface area contributed by atoms with Crippen LogP contribution >= 0.6 is 34.5 Å². The molecule has 0 unspecified atom stereocenters. The first-order valence-electron chi connectivity index (χ1n) is 10.6. The molecule has 3 heterocycles. The van der Waals surface area contributed by atoms with E-state index in [2.05, 4.69) is 17.1 Å². The molecule has 0 saturated carbocycles. The minimum absolute atomic E-state index is 0.136. The highest BCUT2D eigenvalue weighted by atomic mass is 35.5. The number of hydrogen-bond donors (Lipinski definition) is 0. The number of benzene rings is 2. The van der Waals surface area contributed by atoms with E-state index in [1.807, 2.05) is 17.0 Å². The van der Waals surface area contributed by atoms with Crippen LogP contribution in [0.3, 0.4) is 0 Å². The standard InChI is InChI=1S/C24H21Cl2N3O2S/c25-16-5-6-17(18(26)13-16)20-14-27-22(31-20)7-8-23(30)29-11-9-15(10-12-29)24-28-19-3-1-2-4-21(19)32-24/h1-6,13-15H,7-12H2. The van der Waals surface area contributed by atoms with Crippen molar-refractivity contribution in [3.8, 4) is 11.3 Å². The average Bonchev–Trinajstić information content (AvgIpc) is 3.45. The lowest BCUT2D eigenvalue weighted by molar-refractivity contribution is -0.132. The van der Waals surface area contributed by atoms with Crippen LogP contribution in [0.15, 0.2) is 53.1 Å². The highest BCUT2D eigenvalue weighted by Crippen LogP contribution is 2.34. The van der Waals surface area contributed by atoms with Gasteiger partial charge in [-0.05, 0) is 43.2 Å². The average molecular weight is 486 g/mol. The number of rotatable bonds is 5. The second kappa shape index (κ2) is 9.22. The van der Waals surface area contributed by atoms with Crippen molar-refractivity contribution in [2.75, 3.05) is 13.1 Å². The van der Waals surface area contributed by atoms with Gasteiger partial charge in [-0.25, -0.2) is 9.97 Å². The fourth-order valence-corrected chi connectivity index (χ4v) is 5.69. The molecule has 5 nitrogen and oxygen atoms in total. The van der Waals surface area contributed by atoms with E-state index in [1.165, 1.54) is 9.71 Å². The predicted molar refractivity (Wildman–Crippen MR) is 128 cm³/mol. The third-order valence-electron chi connectivity index (χ3n) is 5.81. The van der Waals surface area contributed by atoms with Crippen LogP contribution in [0.2, 0.25) is 10.0 Å². The molecule has 4 aromatic rings. The summed E-state index contributed by atoms with van der Waals surface area (Å²) in [6, 6.07) is 13.5. The maximum atomic E-state index is 12.7. The minimum atomic E-state index is 0.136. The summed E-state index contributed by atoms with van der Waals surface area (Å²) < 4.78 is 7.04. The van der Waals surface area contributed by atoms with Gasteiger partial charge in [0.1, 0.15) is 0 Å². The number of thiazole rings is 1. The Labute approximate surface area is 200 Å². The van der Waals surface area contributed by atoms with Crippen LogP contribution < -0.4 is 0 Å². The third kappa shape index (κ3) is 4.53. The molecule has 164 valence electrons. The summed E-state index contributed by atoms with van der Waals surface area (Å²) in [6.45, 7) is 1.52. The number of aromatic nitrogens is 2. The summed E-state index contributed by atoms with van der Waals surface area (Å²) >= 11 is 14.0. The van der Waals surface area contributed by atoms with Crippen LogP contribution in [0.1, 0.15) is 36.1 Å². The predicted octanol–water partition coefficient (Wildman–Crippen LogP) is 6.60. The molecule has 0 N–H and O–H groups in total. The number of amides is 1. The van der Waals surface area contributed by atoms with Gasteiger partial charge in [0.15, 0.2) is 11.7 Å². The van der Waals surface area contributed by atoms with E-state index in [-0.39, 0.29) is 5.91 Å². The molecule has 1 fully saturated rings. The zero-order valence-electron chi connectivity index (χ0n) is 17.3. The normalized spacial score (nSPS) is 14.9. The van der Waals surface area contributed by atoms with Crippen molar-refractivity contribution in [2.45, 2.75) is 31.6 Å². The Morgan fingerprint density at radius 2 is 1.97 bits per heavy atom. The van der Waals surface area contributed by atoms with Crippen molar-refractivity contribution in [2.24, 2.45) is 0 Å². The van der Waals surface area contributed by atoms with E-state index < -0.39 is 0 Å². The number of piperidine rings is 1. The first-order valence-corrected chi connectivity index (χ1v) is 12.2. The third-order valence-corrected chi connectivity index (χ3v) is 7.56. The Hall–Kier alpha value is -2.41. The molecule has 0 radical (unpaired) electrons. The Kier molecular flexibility index (Phi) is 6.17. The van der Waals surface area contributed by atoms with Crippen LogP contribution in [-0.4, -0.2) is 33.9 Å². The van der Waals surface area contributed by atoms with Gasteiger partial charge in [-0.15, -0.1) is 11.3 Å². The van der Waals surface area contributed by atoms with Crippen molar-refractivity contribution in [1.29, 1.82) is 0 Å². The summed E-state index contributed by atoms with van der Waals surface area (Å²) in [5.41, 5.74) is 1.80. The highest BCUT2D eigenvalue weighted by Gasteiger charge is 2.26. The summed E-state index contributed by atoms with van der Waals surface area (Å²) in [4.78, 5) is 23.8. The number of carbonyl (C=O) groups is 1. The van der Waals surface area contributed by atoms with Gasteiger partial charge in [-0.2, -0.15) is 0 Å². The van der Waals surface area contributed by atoms with Gasteiger partial charge in [-0.1, -0.05) is 35.3 Å². The Morgan fingerprint density at radius 3 is 2.75 bits per heavy atom. The number of oxazole rings is 1. The van der Waals surface area contributed by atoms with Crippen molar-refractivity contribution in [3.63, 3.8) is 0 Å². The number of hydrogen-bond acceptors (Lipinski definition) is 5. The second-order valence-corrected chi connectivity index (χ2v) is 9.82. The Bertz CT molecular complexity index is 1230. The van der Waals surface area contributed by atoms with E-state index in [0.717, 1.165) is 37.0 Å². The molecule has 32 heavy (non-hydrogen) atoms. The molecule has 0 aliphatic carbocycles. The molecular formula is C24H21Cl2N3O2S. The van der Waals surface area contributed by atoms with Crippen molar-refractivity contribution < 1.29 is 9.21 Å². The zero-order valence-corrected chi connectivity index (χ0v) is 19.6. The lowest BCUT2D eigenvalue weighted by atomic mass is 9.97. The Balaban J connectivity index is 1.15. The van der Waals surface area contributed by atoms with Crippen LogP contribution in [0, 0.1) is 0 Å². The fraction of sp³-hybridized carbons (Fsp3) is 0.292. The first-order chi connectivity index (χ1) is 15.6. The number of para-hydroxylation sites is 1. The van der Waals surface area contributed by atoms with Gasteiger partial charge in [0, 0.05) is 42.4 Å². The molecule has 0 atom stereocenters. The van der Waals surface area contributed by atoms with Gasteiger partial charge in [-0.3, -0.25) is 4.79 Å². The number of aryl methyl sites for hydroxylation is 1. The van der Waals surface area contributed by atoms with Gasteiger partial charge >= 0.3 is 0 Å². The van der Waals surface area contributed by atoms with Gasteiger partial charge < -0.3 is 9.32 Å². The van der Waals surface area contributed by atoms with Crippen LogP contribution in [-0.2, 0) is 11.2 Å². The maximum absolute atomic E-state index is 12.7. The van der Waals surface area contributed by atoms with E-state index in [9.17, 15) is 4.79 Å². The fourth-order valence-electron chi connectivity index (χ4n) is 4.05. The summed E-state index contributed by atoms with van der Waals surface area (Å²) in [5.74, 6) is 1.67. The molecule has 2 aromatic heterocycles. The van der Waals surface area contributed by atoms with E-state index in [4.69, 9.17) is 32.6 Å². The lowest BCUT2D eigenvalue weighted by Gasteiger charge is -2.31. The largest absolute Gasteiger partial charge is 0.441 e. The quantitative estimate of drug-likeness (QED) is 0.319. The summed E-state index contributed by atoms with van der Waals surface area (Å²) in [7, 11) is 0. The van der Waals surface area contributed by atoms with Gasteiger partial charge in [0.25, 0.3) is 0 Å². The molecule has 5 rings (SSSR count). The SMILES string of the molecule is O=C(CCc1ncc(-c2ccc(Cl)cc2Cl)o1)N1CCC(c2nc3ccccc3s2)CC1. The highest BCUT2D eigenvalue weighted by molar-refractivity contribution is 7.18. The van der Waals surface area contributed by atoms with E-state index in [1.54, 1.807) is 35.7 Å². The maximum Gasteiger partial charge on any atom is 0.223 e. The number of carbonyl (C=O) groups excluding carboxylic acids is 1. The molecule has 0 spiro atoms. The molecule has 8 heteroatoms. The number of nitrogens with zero attached hydrogens (tertiary/aromatic N) is 3. The van der Waals surface area contributed by atoms with Crippen LogP contribution in [0.5, 0.6) is 0 Å². The van der Waals surface area contributed by atoms with Gasteiger partial charge in [0.05, 0.1) is 26.4 Å². The summed E-state index contributed by atoms with van der Waals surface area (Å²) in [5, 5.41) is 2.26.